The smallest absolute Gasteiger partial charge is 0.245 e. The molecule has 0 radical (unpaired) electrons. The monoisotopic (exact) mass is 224 g/mol. The summed E-state index contributed by atoms with van der Waals surface area (Å²) in [5, 5.41) is 2.85. The molecule has 2 aliphatic rings. The molecule has 1 saturated heterocycles. The van der Waals surface area contributed by atoms with Crippen LogP contribution in [0.2, 0.25) is 0 Å². The highest BCUT2D eigenvalue weighted by molar-refractivity contribution is 5.97. The van der Waals surface area contributed by atoms with Crippen molar-refractivity contribution >= 4 is 11.8 Å². The molecule has 0 aromatic rings. The van der Waals surface area contributed by atoms with E-state index < -0.39 is 0 Å². The van der Waals surface area contributed by atoms with Gasteiger partial charge in [-0.3, -0.25) is 9.59 Å². The van der Waals surface area contributed by atoms with E-state index in [-0.39, 0.29) is 23.9 Å². The third-order valence-corrected chi connectivity index (χ3v) is 3.44. The molecule has 2 amide bonds. The average Bonchev–Trinajstić information content (AvgIpc) is 3.07. The van der Waals surface area contributed by atoms with Crippen LogP contribution in [0.25, 0.3) is 0 Å². The molecule has 2 atom stereocenters. The molecular formula is C12H20N2O2. The van der Waals surface area contributed by atoms with Crippen LogP contribution in [0.3, 0.4) is 0 Å². The minimum Gasteiger partial charge on any atom is -0.343 e. The molecule has 2 rings (SSSR count). The summed E-state index contributed by atoms with van der Waals surface area (Å²) in [5.41, 5.74) is 0. The van der Waals surface area contributed by atoms with E-state index in [9.17, 15) is 9.59 Å². The van der Waals surface area contributed by atoms with Crippen LogP contribution in [0, 0.1) is 5.92 Å². The lowest BCUT2D eigenvalue weighted by molar-refractivity contribution is -0.150. The molecule has 2 fully saturated rings. The van der Waals surface area contributed by atoms with E-state index in [0.29, 0.717) is 18.9 Å². The molecule has 4 heteroatoms. The second kappa shape index (κ2) is 4.44. The van der Waals surface area contributed by atoms with Gasteiger partial charge in [0.2, 0.25) is 11.8 Å². The summed E-state index contributed by atoms with van der Waals surface area (Å²) in [6.45, 7) is 4.69. The number of carbonyl (C=O) groups excluding carboxylic acids is 2. The molecule has 0 aromatic carbocycles. The second-order valence-electron chi connectivity index (χ2n) is 4.78. The summed E-state index contributed by atoms with van der Waals surface area (Å²) in [5.74, 6) is 0.580. The van der Waals surface area contributed by atoms with Crippen LogP contribution in [0.5, 0.6) is 0 Å². The summed E-state index contributed by atoms with van der Waals surface area (Å²) >= 11 is 0. The second-order valence-corrected chi connectivity index (χ2v) is 4.78. The zero-order valence-electron chi connectivity index (χ0n) is 10.0. The predicted molar refractivity (Wildman–Crippen MR) is 60.7 cm³/mol. The lowest BCUT2D eigenvalue weighted by atomic mass is 10.0. The molecule has 1 heterocycles. The first-order valence-corrected chi connectivity index (χ1v) is 6.29. The van der Waals surface area contributed by atoms with E-state index >= 15 is 0 Å². The lowest BCUT2D eigenvalue weighted by Gasteiger charge is -2.38. The number of nitrogens with one attached hydrogen (secondary N) is 1. The molecule has 0 spiro atoms. The number of hydrogen-bond donors (Lipinski definition) is 1. The number of rotatable bonds is 4. The van der Waals surface area contributed by atoms with Gasteiger partial charge < -0.3 is 10.2 Å². The van der Waals surface area contributed by atoms with E-state index in [0.717, 1.165) is 19.3 Å². The Morgan fingerprint density at radius 2 is 2.00 bits per heavy atom. The van der Waals surface area contributed by atoms with Gasteiger partial charge in [0, 0.05) is 6.54 Å². The maximum absolute atomic E-state index is 12.1. The first-order chi connectivity index (χ1) is 7.69. The van der Waals surface area contributed by atoms with Crippen LogP contribution < -0.4 is 5.32 Å². The maximum Gasteiger partial charge on any atom is 0.245 e. The van der Waals surface area contributed by atoms with Crippen molar-refractivity contribution < 1.29 is 9.59 Å². The molecule has 16 heavy (non-hydrogen) atoms. The molecule has 4 nitrogen and oxygen atoms in total. The first-order valence-electron chi connectivity index (χ1n) is 6.29. The Hall–Kier alpha value is -1.06. The molecule has 2 unspecified atom stereocenters. The van der Waals surface area contributed by atoms with Crippen molar-refractivity contribution in [1.82, 2.24) is 10.2 Å². The number of nitrogens with zero attached hydrogens (tertiary/aromatic N) is 1. The van der Waals surface area contributed by atoms with Gasteiger partial charge in [0.1, 0.15) is 12.1 Å². The number of carbonyl (C=O) groups is 2. The Bertz CT molecular complexity index is 299. The highest BCUT2D eigenvalue weighted by Crippen LogP contribution is 2.37. The minimum absolute atomic E-state index is 0.0578. The zero-order chi connectivity index (χ0) is 11.7. The number of hydrogen-bond acceptors (Lipinski definition) is 2. The molecule has 1 aliphatic heterocycles. The van der Waals surface area contributed by atoms with Gasteiger partial charge in [-0.15, -0.1) is 0 Å². The van der Waals surface area contributed by atoms with Crippen LogP contribution in [-0.4, -0.2) is 35.3 Å². The fraction of sp³-hybridized carbons (Fsp3) is 0.833. The molecule has 1 saturated carbocycles. The van der Waals surface area contributed by atoms with Crippen molar-refractivity contribution in [2.75, 3.05) is 6.54 Å². The van der Waals surface area contributed by atoms with Crippen LogP contribution >= 0.6 is 0 Å². The first kappa shape index (κ1) is 11.4. The van der Waals surface area contributed by atoms with Gasteiger partial charge in [-0.25, -0.2) is 0 Å². The molecule has 0 bridgehead atoms. The van der Waals surface area contributed by atoms with Gasteiger partial charge >= 0.3 is 0 Å². The van der Waals surface area contributed by atoms with Crippen molar-refractivity contribution in [2.24, 2.45) is 5.92 Å². The fourth-order valence-corrected chi connectivity index (χ4v) is 2.45. The van der Waals surface area contributed by atoms with E-state index in [4.69, 9.17) is 0 Å². The summed E-state index contributed by atoms with van der Waals surface area (Å²) < 4.78 is 0. The van der Waals surface area contributed by atoms with Gasteiger partial charge in [-0.2, -0.15) is 0 Å². The Balaban J connectivity index is 2.16. The molecule has 1 aliphatic carbocycles. The highest BCUT2D eigenvalue weighted by Gasteiger charge is 2.46. The van der Waals surface area contributed by atoms with E-state index in [1.54, 1.807) is 0 Å². The van der Waals surface area contributed by atoms with E-state index in [1.807, 2.05) is 18.7 Å². The van der Waals surface area contributed by atoms with Gasteiger partial charge in [-0.1, -0.05) is 13.8 Å². The SMILES string of the molecule is CCCN1C(=O)C(CC)NC(=O)C1C1CC1. The summed E-state index contributed by atoms with van der Waals surface area (Å²) in [6, 6.07) is -0.482. The molecule has 90 valence electrons. The Labute approximate surface area is 96.4 Å². The van der Waals surface area contributed by atoms with Crippen molar-refractivity contribution in [3.8, 4) is 0 Å². The normalized spacial score (nSPS) is 30.5. The molecule has 0 aromatic heterocycles. The third-order valence-electron chi connectivity index (χ3n) is 3.44. The zero-order valence-corrected chi connectivity index (χ0v) is 10.0. The third kappa shape index (κ3) is 1.93. The summed E-state index contributed by atoms with van der Waals surface area (Å²) in [4.78, 5) is 25.9. The standard InChI is InChI=1S/C12H20N2O2/c1-3-7-14-10(8-5-6-8)11(15)13-9(4-2)12(14)16/h8-10H,3-7H2,1-2H3,(H,13,15). The van der Waals surface area contributed by atoms with Gasteiger partial charge in [0.15, 0.2) is 0 Å². The quantitative estimate of drug-likeness (QED) is 0.771. The number of amides is 2. The topological polar surface area (TPSA) is 49.4 Å². The Morgan fingerprint density at radius 1 is 1.31 bits per heavy atom. The number of piperazine rings is 1. The minimum atomic E-state index is -0.297. The summed E-state index contributed by atoms with van der Waals surface area (Å²) in [7, 11) is 0. The van der Waals surface area contributed by atoms with Crippen molar-refractivity contribution in [3.05, 3.63) is 0 Å². The van der Waals surface area contributed by atoms with Crippen molar-refractivity contribution in [1.29, 1.82) is 0 Å². The predicted octanol–water partition coefficient (Wildman–Crippen LogP) is 0.912. The van der Waals surface area contributed by atoms with Crippen LogP contribution in [0.1, 0.15) is 39.5 Å². The van der Waals surface area contributed by atoms with Gasteiger partial charge in [0.25, 0.3) is 0 Å². The van der Waals surface area contributed by atoms with E-state index in [1.165, 1.54) is 0 Å². The lowest BCUT2D eigenvalue weighted by Crippen LogP contribution is -2.63. The van der Waals surface area contributed by atoms with Gasteiger partial charge in [0.05, 0.1) is 0 Å². The Kier molecular flexibility index (Phi) is 3.17. The van der Waals surface area contributed by atoms with Crippen molar-refractivity contribution in [2.45, 2.75) is 51.6 Å². The van der Waals surface area contributed by atoms with Crippen LogP contribution in [0.15, 0.2) is 0 Å². The highest BCUT2D eigenvalue weighted by atomic mass is 16.2. The maximum atomic E-state index is 12.1. The van der Waals surface area contributed by atoms with Gasteiger partial charge in [-0.05, 0) is 31.6 Å². The Morgan fingerprint density at radius 3 is 2.50 bits per heavy atom. The summed E-state index contributed by atoms with van der Waals surface area (Å²) in [6.07, 6.45) is 3.77. The van der Waals surface area contributed by atoms with E-state index in [2.05, 4.69) is 5.32 Å². The molecule has 1 N–H and O–H groups in total. The fourth-order valence-electron chi connectivity index (χ4n) is 2.45. The largest absolute Gasteiger partial charge is 0.343 e. The molecular weight excluding hydrogens is 204 g/mol. The van der Waals surface area contributed by atoms with Crippen LogP contribution in [0.4, 0.5) is 0 Å². The average molecular weight is 224 g/mol. The van der Waals surface area contributed by atoms with Crippen molar-refractivity contribution in [3.63, 3.8) is 0 Å². The van der Waals surface area contributed by atoms with Crippen LogP contribution in [-0.2, 0) is 9.59 Å².